The molecule has 1 nitrogen and oxygen atoms in total. The molecular weight excluding hydrogens is 220 g/mol. The molecule has 0 heterocycles. The highest BCUT2D eigenvalue weighted by Crippen LogP contribution is 2.34. The van der Waals surface area contributed by atoms with Crippen LogP contribution in [0.3, 0.4) is 0 Å². The minimum Gasteiger partial charge on any atom is -0.507 e. The molecule has 0 saturated heterocycles. The monoisotopic (exact) mass is 238 g/mol. The summed E-state index contributed by atoms with van der Waals surface area (Å²) in [6.07, 6.45) is 13.4. The molecule has 1 aromatic rings. The SMILES string of the molecule is CC=CC1=C(c2cccc(O)c2C=CC)C=CC1. The second-order valence-corrected chi connectivity index (χ2v) is 4.28. The van der Waals surface area contributed by atoms with E-state index in [1.165, 1.54) is 11.1 Å². The molecule has 0 unspecified atom stereocenters. The topological polar surface area (TPSA) is 20.2 Å². The van der Waals surface area contributed by atoms with Gasteiger partial charge in [-0.2, -0.15) is 0 Å². The van der Waals surface area contributed by atoms with E-state index >= 15 is 0 Å². The Morgan fingerprint density at radius 2 is 1.89 bits per heavy atom. The van der Waals surface area contributed by atoms with Crippen molar-refractivity contribution >= 4 is 11.6 Å². The summed E-state index contributed by atoms with van der Waals surface area (Å²) in [4.78, 5) is 0. The lowest BCUT2D eigenvalue weighted by Gasteiger charge is -2.10. The first kappa shape index (κ1) is 12.4. The van der Waals surface area contributed by atoms with Gasteiger partial charge in [-0.3, -0.25) is 0 Å². The summed E-state index contributed by atoms with van der Waals surface area (Å²) in [5.41, 5.74) is 4.49. The third-order valence-corrected chi connectivity index (χ3v) is 3.04. The van der Waals surface area contributed by atoms with Gasteiger partial charge >= 0.3 is 0 Å². The van der Waals surface area contributed by atoms with Crippen LogP contribution in [0.1, 0.15) is 31.4 Å². The summed E-state index contributed by atoms with van der Waals surface area (Å²) in [5.74, 6) is 0.332. The van der Waals surface area contributed by atoms with E-state index in [4.69, 9.17) is 0 Å². The Labute approximate surface area is 108 Å². The average Bonchev–Trinajstić information content (AvgIpc) is 2.81. The molecule has 18 heavy (non-hydrogen) atoms. The van der Waals surface area contributed by atoms with Crippen molar-refractivity contribution in [3.63, 3.8) is 0 Å². The van der Waals surface area contributed by atoms with Crippen LogP contribution in [0, 0.1) is 0 Å². The fraction of sp³-hybridized carbons (Fsp3) is 0.176. The van der Waals surface area contributed by atoms with Crippen LogP contribution in [-0.4, -0.2) is 5.11 Å². The second-order valence-electron chi connectivity index (χ2n) is 4.28. The number of rotatable bonds is 3. The quantitative estimate of drug-likeness (QED) is 0.808. The van der Waals surface area contributed by atoms with Crippen LogP contribution in [-0.2, 0) is 0 Å². The van der Waals surface area contributed by atoms with Crippen molar-refractivity contribution in [2.45, 2.75) is 20.3 Å². The largest absolute Gasteiger partial charge is 0.507 e. The Morgan fingerprint density at radius 1 is 1.11 bits per heavy atom. The minimum atomic E-state index is 0.332. The molecular formula is C17H18O. The maximum absolute atomic E-state index is 9.98. The molecule has 0 bridgehead atoms. The molecule has 92 valence electrons. The zero-order valence-electron chi connectivity index (χ0n) is 10.9. The standard InChI is InChI=1S/C17H18O/c1-3-7-13-9-5-10-14(13)15-11-6-12-17(18)16(15)8-4-2/h3-8,10-12,18H,9H2,1-2H3. The lowest BCUT2D eigenvalue weighted by atomic mass is 9.96. The van der Waals surface area contributed by atoms with Gasteiger partial charge in [0.1, 0.15) is 5.75 Å². The third kappa shape index (κ3) is 2.30. The average molecular weight is 238 g/mol. The molecule has 2 rings (SSSR count). The Kier molecular flexibility index (Phi) is 3.83. The molecule has 1 heteroatoms. The second kappa shape index (κ2) is 5.54. The number of phenols is 1. The van der Waals surface area contributed by atoms with E-state index in [-0.39, 0.29) is 0 Å². The first-order valence-corrected chi connectivity index (χ1v) is 6.25. The molecule has 0 fully saturated rings. The van der Waals surface area contributed by atoms with E-state index in [2.05, 4.69) is 30.4 Å². The highest BCUT2D eigenvalue weighted by Gasteiger charge is 2.13. The van der Waals surface area contributed by atoms with Crippen molar-refractivity contribution in [1.82, 2.24) is 0 Å². The van der Waals surface area contributed by atoms with Gasteiger partial charge in [0.15, 0.2) is 0 Å². The minimum absolute atomic E-state index is 0.332. The molecule has 0 spiro atoms. The fourth-order valence-corrected chi connectivity index (χ4v) is 2.27. The molecule has 0 atom stereocenters. The number of aromatic hydroxyl groups is 1. The van der Waals surface area contributed by atoms with Crippen LogP contribution >= 0.6 is 0 Å². The molecule has 1 aliphatic carbocycles. The molecule has 1 N–H and O–H groups in total. The van der Waals surface area contributed by atoms with Gasteiger partial charge in [-0.1, -0.05) is 48.6 Å². The highest BCUT2D eigenvalue weighted by atomic mass is 16.3. The molecule has 1 aromatic carbocycles. The van der Waals surface area contributed by atoms with Crippen LogP contribution in [0.2, 0.25) is 0 Å². The van der Waals surface area contributed by atoms with Gasteiger partial charge in [0, 0.05) is 5.56 Å². The number of hydrogen-bond acceptors (Lipinski definition) is 1. The first-order valence-electron chi connectivity index (χ1n) is 6.25. The van der Waals surface area contributed by atoms with E-state index < -0.39 is 0 Å². The Bertz CT molecular complexity index is 557. The van der Waals surface area contributed by atoms with Crippen LogP contribution in [0.4, 0.5) is 0 Å². The van der Waals surface area contributed by atoms with Crippen LogP contribution in [0.15, 0.2) is 54.2 Å². The summed E-state index contributed by atoms with van der Waals surface area (Å²) in [6.45, 7) is 3.99. The van der Waals surface area contributed by atoms with Crippen molar-refractivity contribution in [3.8, 4) is 5.75 Å². The van der Waals surface area contributed by atoms with E-state index in [0.29, 0.717) is 5.75 Å². The zero-order valence-corrected chi connectivity index (χ0v) is 10.9. The number of phenolic OH excluding ortho intramolecular Hbond substituents is 1. The van der Waals surface area contributed by atoms with E-state index in [0.717, 1.165) is 17.5 Å². The number of benzene rings is 1. The smallest absolute Gasteiger partial charge is 0.123 e. The van der Waals surface area contributed by atoms with Gasteiger partial charge in [-0.25, -0.2) is 0 Å². The summed E-state index contributed by atoms with van der Waals surface area (Å²) in [6, 6.07) is 5.68. The van der Waals surface area contributed by atoms with E-state index in [1.54, 1.807) is 6.07 Å². The van der Waals surface area contributed by atoms with E-state index in [9.17, 15) is 5.11 Å². The number of allylic oxidation sites excluding steroid dienone is 7. The van der Waals surface area contributed by atoms with Gasteiger partial charge in [0.25, 0.3) is 0 Å². The van der Waals surface area contributed by atoms with Crippen molar-refractivity contribution in [3.05, 3.63) is 65.3 Å². The molecule has 0 aromatic heterocycles. The van der Waals surface area contributed by atoms with Crippen molar-refractivity contribution in [2.24, 2.45) is 0 Å². The van der Waals surface area contributed by atoms with E-state index in [1.807, 2.05) is 32.1 Å². The van der Waals surface area contributed by atoms with Crippen LogP contribution < -0.4 is 0 Å². The molecule has 1 aliphatic rings. The van der Waals surface area contributed by atoms with Gasteiger partial charge in [-0.15, -0.1) is 0 Å². The lowest BCUT2D eigenvalue weighted by molar-refractivity contribution is 0.474. The van der Waals surface area contributed by atoms with Crippen molar-refractivity contribution in [2.75, 3.05) is 0 Å². The van der Waals surface area contributed by atoms with Gasteiger partial charge in [0.05, 0.1) is 0 Å². The summed E-state index contributed by atoms with van der Waals surface area (Å²) >= 11 is 0. The fourth-order valence-electron chi connectivity index (χ4n) is 2.27. The predicted molar refractivity (Wildman–Crippen MR) is 78.3 cm³/mol. The normalized spacial score (nSPS) is 15.4. The number of hydrogen-bond donors (Lipinski definition) is 1. The Hall–Kier alpha value is -2.02. The third-order valence-electron chi connectivity index (χ3n) is 3.04. The van der Waals surface area contributed by atoms with Gasteiger partial charge in [-0.05, 0) is 43.0 Å². The van der Waals surface area contributed by atoms with Crippen LogP contribution in [0.25, 0.3) is 11.6 Å². The van der Waals surface area contributed by atoms with Gasteiger partial charge < -0.3 is 5.11 Å². The summed E-state index contributed by atoms with van der Waals surface area (Å²) in [5, 5.41) is 9.98. The predicted octanol–water partition coefficient (Wildman–Crippen LogP) is 4.71. The highest BCUT2D eigenvalue weighted by molar-refractivity contribution is 5.86. The molecule has 0 saturated carbocycles. The molecule has 0 amide bonds. The molecule has 0 radical (unpaired) electrons. The lowest BCUT2D eigenvalue weighted by Crippen LogP contribution is -1.89. The zero-order chi connectivity index (χ0) is 13.0. The van der Waals surface area contributed by atoms with Crippen molar-refractivity contribution < 1.29 is 5.11 Å². The summed E-state index contributed by atoms with van der Waals surface area (Å²) in [7, 11) is 0. The maximum atomic E-state index is 9.98. The maximum Gasteiger partial charge on any atom is 0.123 e. The summed E-state index contributed by atoms with van der Waals surface area (Å²) < 4.78 is 0. The molecule has 0 aliphatic heterocycles. The van der Waals surface area contributed by atoms with Crippen LogP contribution in [0.5, 0.6) is 5.75 Å². The van der Waals surface area contributed by atoms with Gasteiger partial charge in [0.2, 0.25) is 0 Å². The Morgan fingerprint density at radius 3 is 2.61 bits per heavy atom. The first-order chi connectivity index (χ1) is 8.77. The van der Waals surface area contributed by atoms with Crippen molar-refractivity contribution in [1.29, 1.82) is 0 Å². The Balaban J connectivity index is 2.61.